The molecule has 0 heterocycles. The summed E-state index contributed by atoms with van der Waals surface area (Å²) in [7, 11) is 0. The van der Waals surface area contributed by atoms with Crippen LogP contribution in [0, 0.1) is 0 Å². The first-order valence-electron chi connectivity index (χ1n) is 5.34. The van der Waals surface area contributed by atoms with E-state index in [1.165, 1.54) is 0 Å². The van der Waals surface area contributed by atoms with E-state index in [1.807, 2.05) is 32.1 Å². The lowest BCUT2D eigenvalue weighted by atomic mass is 10.3. The third kappa shape index (κ3) is 7.11. The lowest BCUT2D eigenvalue weighted by molar-refractivity contribution is -0.116. The van der Waals surface area contributed by atoms with Gasteiger partial charge in [-0.25, -0.2) is 0 Å². The van der Waals surface area contributed by atoms with Gasteiger partial charge in [-0.05, 0) is 32.3 Å². The minimum atomic E-state index is -0.227. The summed E-state index contributed by atoms with van der Waals surface area (Å²) in [5.74, 6) is 0. The number of hydrogen-bond acceptors (Lipinski definition) is 2. The molecule has 0 fully saturated rings. The standard InChI is InChI=1S/C13H22O2/c1-5-8-10-14-13(12(4)7-3)15-11-9-6-2/h5-7,13H,1-2,8-11H2,3-4H3/b12-7-. The van der Waals surface area contributed by atoms with E-state index >= 15 is 0 Å². The molecule has 2 heteroatoms. The summed E-state index contributed by atoms with van der Waals surface area (Å²) >= 11 is 0. The Morgan fingerprint density at radius 3 is 1.93 bits per heavy atom. The van der Waals surface area contributed by atoms with Gasteiger partial charge in [-0.15, -0.1) is 13.2 Å². The highest BCUT2D eigenvalue weighted by molar-refractivity contribution is 4.99. The van der Waals surface area contributed by atoms with E-state index < -0.39 is 0 Å². The maximum Gasteiger partial charge on any atom is 0.179 e. The Bertz CT molecular complexity index is 193. The SMILES string of the molecule is C=CCCOC(OCCC=C)/C(C)=C\C. The smallest absolute Gasteiger partial charge is 0.179 e. The van der Waals surface area contributed by atoms with Gasteiger partial charge in [-0.2, -0.15) is 0 Å². The van der Waals surface area contributed by atoms with Crippen molar-refractivity contribution < 1.29 is 9.47 Å². The van der Waals surface area contributed by atoms with E-state index in [1.54, 1.807) is 0 Å². The van der Waals surface area contributed by atoms with Crippen molar-refractivity contribution in [2.24, 2.45) is 0 Å². The maximum absolute atomic E-state index is 5.59. The van der Waals surface area contributed by atoms with E-state index in [9.17, 15) is 0 Å². The van der Waals surface area contributed by atoms with Crippen molar-refractivity contribution in [3.8, 4) is 0 Å². The molecule has 0 amide bonds. The second-order valence-electron chi connectivity index (χ2n) is 3.26. The van der Waals surface area contributed by atoms with Crippen molar-refractivity contribution >= 4 is 0 Å². The molecule has 0 unspecified atom stereocenters. The average Bonchev–Trinajstić information content (AvgIpc) is 2.26. The molecule has 0 bridgehead atoms. The van der Waals surface area contributed by atoms with Crippen molar-refractivity contribution in [2.45, 2.75) is 33.0 Å². The van der Waals surface area contributed by atoms with Gasteiger partial charge in [0.25, 0.3) is 0 Å². The quantitative estimate of drug-likeness (QED) is 0.329. The lowest BCUT2D eigenvalue weighted by Gasteiger charge is -2.18. The maximum atomic E-state index is 5.59. The van der Waals surface area contributed by atoms with Crippen LogP contribution in [0.2, 0.25) is 0 Å². The molecule has 0 aromatic carbocycles. The summed E-state index contributed by atoms with van der Waals surface area (Å²) < 4.78 is 11.2. The molecule has 0 radical (unpaired) electrons. The normalized spacial score (nSPS) is 11.8. The van der Waals surface area contributed by atoms with E-state index in [4.69, 9.17) is 9.47 Å². The van der Waals surface area contributed by atoms with E-state index in [0.717, 1.165) is 18.4 Å². The van der Waals surface area contributed by atoms with E-state index in [0.29, 0.717) is 13.2 Å². The van der Waals surface area contributed by atoms with Crippen molar-refractivity contribution in [1.82, 2.24) is 0 Å². The van der Waals surface area contributed by atoms with Gasteiger partial charge in [-0.3, -0.25) is 0 Å². The largest absolute Gasteiger partial charge is 0.348 e. The molecule has 0 aliphatic carbocycles. The fourth-order valence-electron chi connectivity index (χ4n) is 0.964. The predicted molar refractivity (Wildman–Crippen MR) is 64.8 cm³/mol. The molecule has 0 saturated carbocycles. The minimum Gasteiger partial charge on any atom is -0.348 e. The zero-order valence-electron chi connectivity index (χ0n) is 9.87. The third-order valence-electron chi connectivity index (χ3n) is 2.01. The average molecular weight is 210 g/mol. The van der Waals surface area contributed by atoms with Crippen LogP contribution in [0.5, 0.6) is 0 Å². The number of hydrogen-bond donors (Lipinski definition) is 0. The number of allylic oxidation sites excluding steroid dienone is 1. The fourth-order valence-corrected chi connectivity index (χ4v) is 0.964. The van der Waals surface area contributed by atoms with Gasteiger partial charge in [0.1, 0.15) is 0 Å². The Hall–Kier alpha value is -0.860. The Labute approximate surface area is 93.3 Å². The molecule has 86 valence electrons. The molecule has 0 saturated heterocycles. The van der Waals surface area contributed by atoms with Gasteiger partial charge >= 0.3 is 0 Å². The van der Waals surface area contributed by atoms with E-state index in [-0.39, 0.29) is 6.29 Å². The zero-order valence-corrected chi connectivity index (χ0v) is 9.87. The molecule has 15 heavy (non-hydrogen) atoms. The molecular weight excluding hydrogens is 188 g/mol. The first kappa shape index (κ1) is 14.1. The molecule has 0 rings (SSSR count). The summed E-state index contributed by atoms with van der Waals surface area (Å²) in [6.45, 7) is 12.6. The van der Waals surface area contributed by atoms with Gasteiger partial charge in [-0.1, -0.05) is 18.2 Å². The monoisotopic (exact) mass is 210 g/mol. The molecule has 0 atom stereocenters. The van der Waals surface area contributed by atoms with Crippen LogP contribution in [0.3, 0.4) is 0 Å². The van der Waals surface area contributed by atoms with E-state index in [2.05, 4.69) is 13.2 Å². The van der Waals surface area contributed by atoms with Crippen LogP contribution in [-0.4, -0.2) is 19.5 Å². The van der Waals surface area contributed by atoms with Gasteiger partial charge in [0.15, 0.2) is 6.29 Å². The lowest BCUT2D eigenvalue weighted by Crippen LogP contribution is -2.19. The van der Waals surface area contributed by atoms with Crippen molar-refractivity contribution in [3.63, 3.8) is 0 Å². The highest BCUT2D eigenvalue weighted by Gasteiger charge is 2.09. The first-order chi connectivity index (χ1) is 7.26. The molecule has 0 N–H and O–H groups in total. The van der Waals surface area contributed by atoms with Gasteiger partial charge in [0, 0.05) is 0 Å². The van der Waals surface area contributed by atoms with Crippen LogP contribution in [0.15, 0.2) is 37.0 Å². The highest BCUT2D eigenvalue weighted by atomic mass is 16.7. The van der Waals surface area contributed by atoms with Gasteiger partial charge in [0.05, 0.1) is 13.2 Å². The summed E-state index contributed by atoms with van der Waals surface area (Å²) in [5.41, 5.74) is 1.10. The Morgan fingerprint density at radius 2 is 1.60 bits per heavy atom. The minimum absolute atomic E-state index is 0.227. The Kier molecular flexibility index (Phi) is 9.13. The fraction of sp³-hybridized carbons (Fsp3) is 0.538. The Morgan fingerprint density at radius 1 is 1.13 bits per heavy atom. The second-order valence-corrected chi connectivity index (χ2v) is 3.26. The number of ether oxygens (including phenoxy) is 2. The first-order valence-corrected chi connectivity index (χ1v) is 5.34. The molecule has 0 spiro atoms. The van der Waals surface area contributed by atoms with Crippen LogP contribution in [0.1, 0.15) is 26.7 Å². The van der Waals surface area contributed by atoms with Crippen LogP contribution < -0.4 is 0 Å². The second kappa shape index (κ2) is 9.69. The van der Waals surface area contributed by atoms with Crippen LogP contribution >= 0.6 is 0 Å². The van der Waals surface area contributed by atoms with Gasteiger partial charge < -0.3 is 9.47 Å². The zero-order chi connectivity index (χ0) is 11.5. The topological polar surface area (TPSA) is 18.5 Å². The molecule has 0 aliphatic rings. The van der Waals surface area contributed by atoms with Crippen LogP contribution in [0.25, 0.3) is 0 Å². The van der Waals surface area contributed by atoms with Crippen LogP contribution in [-0.2, 0) is 9.47 Å². The third-order valence-corrected chi connectivity index (χ3v) is 2.01. The molecule has 0 aromatic heterocycles. The Balaban J connectivity index is 3.94. The van der Waals surface area contributed by atoms with Gasteiger partial charge in [0.2, 0.25) is 0 Å². The highest BCUT2D eigenvalue weighted by Crippen LogP contribution is 2.09. The molecule has 0 aromatic rings. The summed E-state index contributed by atoms with van der Waals surface area (Å²) in [4.78, 5) is 0. The van der Waals surface area contributed by atoms with Crippen molar-refractivity contribution in [3.05, 3.63) is 37.0 Å². The predicted octanol–water partition coefficient (Wildman–Crippen LogP) is 3.46. The van der Waals surface area contributed by atoms with Crippen LogP contribution in [0.4, 0.5) is 0 Å². The number of rotatable bonds is 9. The summed E-state index contributed by atoms with van der Waals surface area (Å²) in [6, 6.07) is 0. The summed E-state index contributed by atoms with van der Waals surface area (Å²) in [5, 5.41) is 0. The molecular formula is C13H22O2. The van der Waals surface area contributed by atoms with Crippen molar-refractivity contribution in [1.29, 1.82) is 0 Å². The summed E-state index contributed by atoms with van der Waals surface area (Å²) in [6.07, 6.45) is 7.15. The van der Waals surface area contributed by atoms with Crippen molar-refractivity contribution in [2.75, 3.05) is 13.2 Å². The molecule has 0 aliphatic heterocycles. The molecule has 2 nitrogen and oxygen atoms in total.